The van der Waals surface area contributed by atoms with E-state index in [2.05, 4.69) is 10.6 Å². The van der Waals surface area contributed by atoms with Crippen LogP contribution in [-0.4, -0.2) is 35.5 Å². The molecule has 0 aliphatic rings. The van der Waals surface area contributed by atoms with Crippen molar-refractivity contribution in [3.05, 3.63) is 36.3 Å². The van der Waals surface area contributed by atoms with Crippen LogP contribution in [0.2, 0.25) is 0 Å². The molecule has 1 rings (SSSR count). The molecular weight excluding hydrogens is 276 g/mol. The van der Waals surface area contributed by atoms with Gasteiger partial charge < -0.3 is 20.2 Å². The van der Waals surface area contributed by atoms with E-state index in [-0.39, 0.29) is 25.1 Å². The summed E-state index contributed by atoms with van der Waals surface area (Å²) in [6.07, 6.45) is 4.96. The van der Waals surface area contributed by atoms with Crippen LogP contribution in [0.3, 0.4) is 0 Å². The van der Waals surface area contributed by atoms with E-state index in [0.29, 0.717) is 0 Å². The summed E-state index contributed by atoms with van der Waals surface area (Å²) in [6, 6.07) is 2.13. The highest BCUT2D eigenvalue weighted by Crippen LogP contribution is 1.99. The Hall–Kier alpha value is -2.57. The van der Waals surface area contributed by atoms with Crippen molar-refractivity contribution in [3.8, 4) is 0 Å². The van der Waals surface area contributed by atoms with Crippen LogP contribution in [0.25, 0.3) is 0 Å². The summed E-state index contributed by atoms with van der Waals surface area (Å²) in [6.45, 7) is 1.87. The molecule has 114 valence electrons. The summed E-state index contributed by atoms with van der Waals surface area (Å²) >= 11 is 0. The molecule has 0 fully saturated rings. The van der Waals surface area contributed by atoms with Gasteiger partial charge in [0.25, 0.3) is 5.91 Å². The molecule has 7 nitrogen and oxygen atoms in total. The lowest BCUT2D eigenvalue weighted by Gasteiger charge is -2.12. The quantitative estimate of drug-likeness (QED) is 0.618. The first-order chi connectivity index (χ1) is 10.0. The molecule has 0 aromatic carbocycles. The first kappa shape index (κ1) is 16.5. The zero-order chi connectivity index (χ0) is 15.7. The molecule has 21 heavy (non-hydrogen) atoms. The molecule has 7 heteroatoms. The Morgan fingerprint density at radius 2 is 2.19 bits per heavy atom. The molecule has 0 bridgehead atoms. The topological polar surface area (TPSA) is 109 Å². The van der Waals surface area contributed by atoms with Gasteiger partial charge in [-0.25, -0.2) is 4.79 Å². The number of furan rings is 1. The second-order valence-electron chi connectivity index (χ2n) is 4.25. The van der Waals surface area contributed by atoms with Gasteiger partial charge in [0.1, 0.15) is 6.04 Å². The van der Waals surface area contributed by atoms with Crippen LogP contribution in [0.5, 0.6) is 0 Å². The lowest BCUT2D eigenvalue weighted by molar-refractivity contribution is -0.141. The molecule has 0 radical (unpaired) electrons. The number of allylic oxidation sites excluding steroid dienone is 1. The SMILES string of the molecule is C/C=C/CC(NC(=O)CCNC(=O)c1ccco1)C(=O)O. The molecule has 1 atom stereocenters. The van der Waals surface area contributed by atoms with E-state index < -0.39 is 23.8 Å². The number of carboxylic acid groups (broad SMARTS) is 1. The Labute approximate surface area is 122 Å². The third-order valence-corrected chi connectivity index (χ3v) is 2.62. The molecule has 1 heterocycles. The van der Waals surface area contributed by atoms with E-state index >= 15 is 0 Å². The van der Waals surface area contributed by atoms with E-state index in [0.717, 1.165) is 0 Å². The van der Waals surface area contributed by atoms with Crippen molar-refractivity contribution in [2.75, 3.05) is 6.54 Å². The fourth-order valence-electron chi connectivity index (χ4n) is 1.54. The van der Waals surface area contributed by atoms with Crippen molar-refractivity contribution >= 4 is 17.8 Å². The van der Waals surface area contributed by atoms with Crippen molar-refractivity contribution in [2.45, 2.75) is 25.8 Å². The number of aliphatic carboxylic acids is 1. The number of carbonyl (C=O) groups is 3. The molecule has 0 saturated heterocycles. The number of amides is 2. The molecule has 0 saturated carbocycles. The maximum atomic E-state index is 11.6. The molecule has 1 aromatic heterocycles. The maximum Gasteiger partial charge on any atom is 0.326 e. The number of hydrogen-bond donors (Lipinski definition) is 3. The molecule has 2 amide bonds. The van der Waals surface area contributed by atoms with E-state index in [1.54, 1.807) is 25.1 Å². The third kappa shape index (κ3) is 5.94. The Bertz CT molecular complexity index is 507. The van der Waals surface area contributed by atoms with Gasteiger partial charge in [-0.15, -0.1) is 0 Å². The number of rotatable bonds is 8. The van der Waals surface area contributed by atoms with Crippen LogP contribution in [-0.2, 0) is 9.59 Å². The normalized spacial score (nSPS) is 12.0. The van der Waals surface area contributed by atoms with Gasteiger partial charge in [-0.3, -0.25) is 9.59 Å². The van der Waals surface area contributed by atoms with Crippen LogP contribution in [0, 0.1) is 0 Å². The summed E-state index contributed by atoms with van der Waals surface area (Å²) in [7, 11) is 0. The summed E-state index contributed by atoms with van der Waals surface area (Å²) in [5.41, 5.74) is 0. The minimum Gasteiger partial charge on any atom is -0.480 e. The summed E-state index contributed by atoms with van der Waals surface area (Å²) in [4.78, 5) is 34.1. The molecule has 3 N–H and O–H groups in total. The minimum absolute atomic E-state index is 0.00787. The van der Waals surface area contributed by atoms with Gasteiger partial charge in [0.15, 0.2) is 5.76 Å². The largest absolute Gasteiger partial charge is 0.480 e. The number of hydrogen-bond acceptors (Lipinski definition) is 4. The van der Waals surface area contributed by atoms with Crippen molar-refractivity contribution in [1.82, 2.24) is 10.6 Å². The smallest absolute Gasteiger partial charge is 0.326 e. The zero-order valence-corrected chi connectivity index (χ0v) is 11.7. The number of nitrogens with one attached hydrogen (secondary N) is 2. The predicted molar refractivity (Wildman–Crippen MR) is 74.7 cm³/mol. The highest BCUT2D eigenvalue weighted by atomic mass is 16.4. The fourth-order valence-corrected chi connectivity index (χ4v) is 1.54. The Balaban J connectivity index is 2.32. The second-order valence-corrected chi connectivity index (χ2v) is 4.25. The summed E-state index contributed by atoms with van der Waals surface area (Å²) in [5.74, 6) is -1.80. The summed E-state index contributed by atoms with van der Waals surface area (Å²) < 4.78 is 4.90. The first-order valence-electron chi connectivity index (χ1n) is 6.49. The Morgan fingerprint density at radius 3 is 2.76 bits per heavy atom. The molecule has 0 aliphatic heterocycles. The highest BCUT2D eigenvalue weighted by molar-refractivity contribution is 5.91. The monoisotopic (exact) mass is 294 g/mol. The standard InChI is InChI=1S/C14H18N2O5/c1-2-3-5-10(14(19)20)16-12(17)7-8-15-13(18)11-6-4-9-21-11/h2-4,6,9-10H,5,7-8H2,1H3,(H,15,18)(H,16,17)(H,19,20)/b3-2+. The van der Waals surface area contributed by atoms with Gasteiger partial charge in [-0.1, -0.05) is 12.2 Å². The van der Waals surface area contributed by atoms with Crippen LogP contribution in [0.1, 0.15) is 30.3 Å². The van der Waals surface area contributed by atoms with E-state index in [4.69, 9.17) is 9.52 Å². The van der Waals surface area contributed by atoms with Crippen LogP contribution >= 0.6 is 0 Å². The van der Waals surface area contributed by atoms with Gasteiger partial charge in [-0.2, -0.15) is 0 Å². The minimum atomic E-state index is -1.10. The highest BCUT2D eigenvalue weighted by Gasteiger charge is 2.18. The molecular formula is C14H18N2O5. The first-order valence-corrected chi connectivity index (χ1v) is 6.49. The summed E-state index contributed by atoms with van der Waals surface area (Å²) in [5, 5.41) is 13.9. The van der Waals surface area contributed by atoms with Crippen molar-refractivity contribution in [1.29, 1.82) is 0 Å². The van der Waals surface area contributed by atoms with Crippen LogP contribution in [0.4, 0.5) is 0 Å². The van der Waals surface area contributed by atoms with Crippen LogP contribution in [0.15, 0.2) is 35.0 Å². The number of carboxylic acids is 1. The lowest BCUT2D eigenvalue weighted by Crippen LogP contribution is -2.41. The van der Waals surface area contributed by atoms with Gasteiger partial charge in [0, 0.05) is 13.0 Å². The molecule has 1 aromatic rings. The van der Waals surface area contributed by atoms with Crippen LogP contribution < -0.4 is 10.6 Å². The van der Waals surface area contributed by atoms with Gasteiger partial charge in [0.05, 0.1) is 6.26 Å². The maximum absolute atomic E-state index is 11.6. The average molecular weight is 294 g/mol. The second kappa shape index (κ2) is 8.57. The van der Waals surface area contributed by atoms with Gasteiger partial charge in [0.2, 0.25) is 5.91 Å². The number of carbonyl (C=O) groups excluding carboxylic acids is 2. The lowest BCUT2D eigenvalue weighted by atomic mass is 10.2. The molecule has 0 spiro atoms. The Kier molecular flexibility index (Phi) is 6.73. The van der Waals surface area contributed by atoms with E-state index in [9.17, 15) is 14.4 Å². The zero-order valence-electron chi connectivity index (χ0n) is 11.7. The van der Waals surface area contributed by atoms with Crippen molar-refractivity contribution in [2.24, 2.45) is 0 Å². The molecule has 1 unspecified atom stereocenters. The average Bonchev–Trinajstić information content (AvgIpc) is 2.97. The predicted octanol–water partition coefficient (Wildman–Crippen LogP) is 0.935. The van der Waals surface area contributed by atoms with Gasteiger partial charge >= 0.3 is 5.97 Å². The van der Waals surface area contributed by atoms with Crippen molar-refractivity contribution in [3.63, 3.8) is 0 Å². The van der Waals surface area contributed by atoms with E-state index in [1.807, 2.05) is 0 Å². The third-order valence-electron chi connectivity index (χ3n) is 2.62. The van der Waals surface area contributed by atoms with Crippen molar-refractivity contribution < 1.29 is 23.9 Å². The Morgan fingerprint density at radius 1 is 1.43 bits per heavy atom. The molecule has 0 aliphatic carbocycles. The van der Waals surface area contributed by atoms with E-state index in [1.165, 1.54) is 12.3 Å². The fraction of sp³-hybridized carbons (Fsp3) is 0.357. The van der Waals surface area contributed by atoms with Gasteiger partial charge in [-0.05, 0) is 25.5 Å².